The van der Waals surface area contributed by atoms with E-state index < -0.39 is 0 Å². The van der Waals surface area contributed by atoms with Gasteiger partial charge >= 0.3 is 0 Å². The molecule has 1 N–H and O–H groups in total. The van der Waals surface area contributed by atoms with E-state index in [0.29, 0.717) is 5.69 Å². The number of carbonyl (C=O) groups excluding carboxylic acids is 1. The zero-order valence-corrected chi connectivity index (χ0v) is 5.92. The van der Waals surface area contributed by atoms with Crippen molar-refractivity contribution in [3.63, 3.8) is 0 Å². The molecule has 0 atom stereocenters. The average molecular weight is 138 g/mol. The monoisotopic (exact) mass is 138 g/mol. The minimum atomic E-state index is 0.489. The lowest BCUT2D eigenvalue weighted by Crippen LogP contribution is -1.80. The van der Waals surface area contributed by atoms with Crippen molar-refractivity contribution in [2.45, 2.75) is 19.8 Å². The number of aldehydes is 1. The van der Waals surface area contributed by atoms with Gasteiger partial charge in [-0.3, -0.25) is 9.89 Å². The highest BCUT2D eigenvalue weighted by molar-refractivity contribution is 5.71. The summed E-state index contributed by atoms with van der Waals surface area (Å²) >= 11 is 0. The van der Waals surface area contributed by atoms with Gasteiger partial charge in [-0.25, -0.2) is 0 Å². The van der Waals surface area contributed by atoms with Crippen LogP contribution in [0.4, 0.5) is 0 Å². The van der Waals surface area contributed by atoms with Gasteiger partial charge in [-0.15, -0.1) is 0 Å². The molecule has 0 aliphatic rings. The molecule has 0 spiro atoms. The van der Waals surface area contributed by atoms with Crippen LogP contribution in [0.1, 0.15) is 29.5 Å². The van der Waals surface area contributed by atoms with Gasteiger partial charge in [0.25, 0.3) is 0 Å². The summed E-state index contributed by atoms with van der Waals surface area (Å²) in [4.78, 5) is 10.1. The largest absolute Gasteiger partial charge is 0.296 e. The van der Waals surface area contributed by atoms with Crippen molar-refractivity contribution in [3.05, 3.63) is 17.5 Å². The number of hydrogen-bond acceptors (Lipinski definition) is 2. The Hall–Kier alpha value is -1.12. The van der Waals surface area contributed by atoms with Crippen LogP contribution < -0.4 is 0 Å². The van der Waals surface area contributed by atoms with Crippen LogP contribution in [0.5, 0.6) is 0 Å². The highest BCUT2D eigenvalue weighted by Crippen LogP contribution is 1.99. The smallest absolute Gasteiger partial charge is 0.170 e. The number of aromatic nitrogens is 2. The Morgan fingerprint density at radius 3 is 3.10 bits per heavy atom. The Morgan fingerprint density at radius 2 is 2.60 bits per heavy atom. The normalized spacial score (nSPS) is 9.70. The predicted octanol–water partition coefficient (Wildman–Crippen LogP) is 1.17. The summed E-state index contributed by atoms with van der Waals surface area (Å²) in [6.45, 7) is 2.08. The highest BCUT2D eigenvalue weighted by atomic mass is 16.1. The Balaban J connectivity index is 2.68. The third kappa shape index (κ3) is 1.43. The molecule has 0 aliphatic heterocycles. The lowest BCUT2D eigenvalue weighted by atomic mass is 10.2. The maximum absolute atomic E-state index is 10.1. The van der Waals surface area contributed by atoms with E-state index in [9.17, 15) is 4.79 Å². The van der Waals surface area contributed by atoms with Crippen molar-refractivity contribution >= 4 is 6.29 Å². The summed E-state index contributed by atoms with van der Waals surface area (Å²) < 4.78 is 0. The minimum Gasteiger partial charge on any atom is -0.296 e. The number of nitrogens with one attached hydrogen (secondary N) is 1. The quantitative estimate of drug-likeness (QED) is 0.637. The SMILES string of the molecule is CCCc1cc(C=O)n[nH]1. The second-order valence-electron chi connectivity index (χ2n) is 2.19. The second kappa shape index (κ2) is 3.15. The van der Waals surface area contributed by atoms with E-state index >= 15 is 0 Å². The van der Waals surface area contributed by atoms with E-state index in [0.717, 1.165) is 24.8 Å². The van der Waals surface area contributed by atoms with Gasteiger partial charge in [0.05, 0.1) is 0 Å². The lowest BCUT2D eigenvalue weighted by molar-refractivity contribution is 0.111. The van der Waals surface area contributed by atoms with Gasteiger partial charge < -0.3 is 0 Å². The van der Waals surface area contributed by atoms with Gasteiger partial charge in [0.1, 0.15) is 5.69 Å². The molecule has 0 fully saturated rings. The Bertz CT molecular complexity index is 217. The van der Waals surface area contributed by atoms with E-state index in [-0.39, 0.29) is 0 Å². The molecule has 1 heterocycles. The third-order valence-corrected chi connectivity index (χ3v) is 1.29. The molecule has 0 unspecified atom stereocenters. The molecule has 0 radical (unpaired) electrons. The van der Waals surface area contributed by atoms with Gasteiger partial charge in [-0.05, 0) is 12.5 Å². The molecule has 0 saturated heterocycles. The van der Waals surface area contributed by atoms with E-state index in [1.165, 1.54) is 0 Å². The summed E-state index contributed by atoms with van der Waals surface area (Å²) in [5.41, 5.74) is 1.52. The van der Waals surface area contributed by atoms with Crippen LogP contribution in [0.3, 0.4) is 0 Å². The fraction of sp³-hybridized carbons (Fsp3) is 0.429. The molecule has 0 aliphatic carbocycles. The lowest BCUT2D eigenvalue weighted by Gasteiger charge is -1.86. The fourth-order valence-corrected chi connectivity index (χ4v) is 0.837. The van der Waals surface area contributed by atoms with Gasteiger partial charge in [-0.2, -0.15) is 5.10 Å². The van der Waals surface area contributed by atoms with E-state index in [2.05, 4.69) is 17.1 Å². The number of carbonyl (C=O) groups is 1. The summed E-state index contributed by atoms with van der Waals surface area (Å²) in [5.74, 6) is 0. The van der Waals surface area contributed by atoms with E-state index in [1.807, 2.05) is 0 Å². The number of H-pyrrole nitrogens is 1. The highest BCUT2D eigenvalue weighted by Gasteiger charge is 1.96. The molecule has 0 aromatic carbocycles. The first-order valence-corrected chi connectivity index (χ1v) is 3.36. The molecular formula is C7H10N2O. The Kier molecular flexibility index (Phi) is 2.20. The van der Waals surface area contributed by atoms with E-state index in [4.69, 9.17) is 0 Å². The van der Waals surface area contributed by atoms with Crippen LogP contribution in [-0.4, -0.2) is 16.5 Å². The van der Waals surface area contributed by atoms with Crippen molar-refractivity contribution in [2.75, 3.05) is 0 Å². The predicted molar refractivity (Wildman–Crippen MR) is 38.0 cm³/mol. The molecule has 3 nitrogen and oxygen atoms in total. The summed E-state index contributed by atoms with van der Waals surface area (Å²) in [5, 5.41) is 6.54. The van der Waals surface area contributed by atoms with Crippen LogP contribution in [0.25, 0.3) is 0 Å². The molecule has 10 heavy (non-hydrogen) atoms. The van der Waals surface area contributed by atoms with Crippen molar-refractivity contribution in [2.24, 2.45) is 0 Å². The maximum Gasteiger partial charge on any atom is 0.170 e. The molecule has 0 bridgehead atoms. The Morgan fingerprint density at radius 1 is 1.80 bits per heavy atom. The van der Waals surface area contributed by atoms with Crippen molar-refractivity contribution in [1.82, 2.24) is 10.2 Å². The first-order chi connectivity index (χ1) is 4.86. The number of aryl methyl sites for hydroxylation is 1. The first-order valence-electron chi connectivity index (χ1n) is 3.36. The molecule has 3 heteroatoms. The second-order valence-corrected chi connectivity index (χ2v) is 2.19. The molecule has 1 aromatic rings. The molecular weight excluding hydrogens is 128 g/mol. The van der Waals surface area contributed by atoms with Crippen LogP contribution in [-0.2, 0) is 6.42 Å². The summed E-state index contributed by atoms with van der Waals surface area (Å²) in [7, 11) is 0. The molecule has 54 valence electrons. The fourth-order valence-electron chi connectivity index (χ4n) is 0.837. The maximum atomic E-state index is 10.1. The molecule has 0 amide bonds. The van der Waals surface area contributed by atoms with Crippen LogP contribution in [0.15, 0.2) is 6.07 Å². The van der Waals surface area contributed by atoms with Gasteiger partial charge in [0.15, 0.2) is 6.29 Å². The standard InChI is InChI=1S/C7H10N2O/c1-2-3-6-4-7(5-10)9-8-6/h4-5H,2-3H2,1H3,(H,8,9). The Labute approximate surface area is 59.4 Å². The third-order valence-electron chi connectivity index (χ3n) is 1.29. The number of rotatable bonds is 3. The van der Waals surface area contributed by atoms with Crippen molar-refractivity contribution in [1.29, 1.82) is 0 Å². The van der Waals surface area contributed by atoms with Gasteiger partial charge in [0, 0.05) is 5.69 Å². The van der Waals surface area contributed by atoms with Crippen molar-refractivity contribution in [3.8, 4) is 0 Å². The minimum absolute atomic E-state index is 0.489. The topological polar surface area (TPSA) is 45.8 Å². The zero-order chi connectivity index (χ0) is 7.40. The number of hydrogen-bond donors (Lipinski definition) is 1. The molecule has 0 saturated carbocycles. The first kappa shape index (κ1) is 6.99. The average Bonchev–Trinajstić information content (AvgIpc) is 2.37. The molecule has 1 rings (SSSR count). The number of nitrogens with zero attached hydrogens (tertiary/aromatic N) is 1. The van der Waals surface area contributed by atoms with Gasteiger partial charge in [-0.1, -0.05) is 13.3 Å². The van der Waals surface area contributed by atoms with Crippen LogP contribution >= 0.6 is 0 Å². The molecule has 1 aromatic heterocycles. The van der Waals surface area contributed by atoms with E-state index in [1.54, 1.807) is 6.07 Å². The summed E-state index contributed by atoms with van der Waals surface area (Å²) in [6, 6.07) is 1.77. The van der Waals surface area contributed by atoms with Gasteiger partial charge in [0.2, 0.25) is 0 Å². The zero-order valence-electron chi connectivity index (χ0n) is 5.92. The van der Waals surface area contributed by atoms with Crippen LogP contribution in [0, 0.1) is 0 Å². The number of aromatic amines is 1. The van der Waals surface area contributed by atoms with Crippen molar-refractivity contribution < 1.29 is 4.79 Å². The van der Waals surface area contributed by atoms with Crippen LogP contribution in [0.2, 0.25) is 0 Å². The summed E-state index contributed by atoms with van der Waals surface area (Å²) in [6.07, 6.45) is 2.77.